The Morgan fingerprint density at radius 2 is 1.88 bits per heavy atom. The van der Waals surface area contributed by atoms with Gasteiger partial charge in [0.2, 0.25) is 11.8 Å². The molecule has 1 aliphatic heterocycles. The van der Waals surface area contributed by atoms with E-state index in [1.807, 2.05) is 0 Å². The molecule has 2 amide bonds. The molecule has 1 heterocycles. The van der Waals surface area contributed by atoms with E-state index in [4.69, 9.17) is 4.74 Å². The molecule has 96 valence electrons. The normalized spacial score (nSPS) is 27.9. The minimum absolute atomic E-state index is 0.0392. The Kier molecular flexibility index (Phi) is 4.12. The average Bonchev–Trinajstić information content (AvgIpc) is 2.77. The lowest BCUT2D eigenvalue weighted by Crippen LogP contribution is -2.48. The molecule has 2 bridgehead atoms. The molecule has 2 aliphatic rings. The first-order chi connectivity index (χ1) is 8.24. The van der Waals surface area contributed by atoms with E-state index in [0.29, 0.717) is 19.7 Å². The molecule has 17 heavy (non-hydrogen) atoms. The van der Waals surface area contributed by atoms with E-state index in [1.165, 1.54) is 4.90 Å². The Labute approximate surface area is 101 Å². The van der Waals surface area contributed by atoms with Crippen LogP contribution in [-0.4, -0.2) is 50.1 Å². The monoisotopic (exact) mass is 240 g/mol. The molecule has 1 saturated heterocycles. The van der Waals surface area contributed by atoms with Gasteiger partial charge in [0.1, 0.15) is 0 Å². The molecule has 1 N–H and O–H groups in total. The molecule has 0 aromatic heterocycles. The van der Waals surface area contributed by atoms with Crippen LogP contribution in [0.1, 0.15) is 19.3 Å². The van der Waals surface area contributed by atoms with Crippen molar-refractivity contribution in [1.82, 2.24) is 10.2 Å². The highest BCUT2D eigenvalue weighted by Gasteiger charge is 2.44. The predicted molar refractivity (Wildman–Crippen MR) is 62.3 cm³/mol. The van der Waals surface area contributed by atoms with Gasteiger partial charge in [-0.15, -0.1) is 0 Å². The Bertz CT molecular complexity index is 284. The molecule has 0 radical (unpaired) electrons. The van der Waals surface area contributed by atoms with E-state index in [0.717, 1.165) is 25.8 Å². The summed E-state index contributed by atoms with van der Waals surface area (Å²) in [5.41, 5.74) is 0. The van der Waals surface area contributed by atoms with Crippen LogP contribution in [0.5, 0.6) is 0 Å². The maximum absolute atomic E-state index is 12.0. The van der Waals surface area contributed by atoms with Crippen molar-refractivity contribution in [3.05, 3.63) is 0 Å². The first-order valence-corrected chi connectivity index (χ1v) is 6.29. The third-order valence-electron chi connectivity index (χ3n) is 3.66. The van der Waals surface area contributed by atoms with Crippen LogP contribution in [0.4, 0.5) is 0 Å². The fraction of sp³-hybridized carbons (Fsp3) is 0.833. The molecule has 2 fully saturated rings. The van der Waals surface area contributed by atoms with Crippen LogP contribution < -0.4 is 5.32 Å². The van der Waals surface area contributed by atoms with Crippen molar-refractivity contribution < 1.29 is 14.3 Å². The summed E-state index contributed by atoms with van der Waals surface area (Å²) < 4.78 is 4.91. The van der Waals surface area contributed by atoms with Gasteiger partial charge in [-0.3, -0.25) is 14.5 Å². The second kappa shape index (κ2) is 5.60. The molecule has 5 nitrogen and oxygen atoms in total. The summed E-state index contributed by atoms with van der Waals surface area (Å²) in [5, 5.41) is 3.15. The predicted octanol–water partition coefficient (Wildman–Crippen LogP) is 0.00750. The minimum Gasteiger partial charge on any atom is -0.383 e. The van der Waals surface area contributed by atoms with E-state index < -0.39 is 0 Å². The van der Waals surface area contributed by atoms with Crippen LogP contribution in [0.3, 0.4) is 0 Å². The van der Waals surface area contributed by atoms with Gasteiger partial charge in [0.25, 0.3) is 0 Å². The maximum atomic E-state index is 12.0. The smallest absolute Gasteiger partial charge is 0.232 e. The number of amides is 2. The van der Waals surface area contributed by atoms with Gasteiger partial charge >= 0.3 is 0 Å². The van der Waals surface area contributed by atoms with Crippen molar-refractivity contribution in [3.8, 4) is 0 Å². The summed E-state index contributed by atoms with van der Waals surface area (Å²) in [6.45, 7) is 2.54. The molecule has 5 heteroatoms. The maximum Gasteiger partial charge on any atom is 0.232 e. The van der Waals surface area contributed by atoms with E-state index in [2.05, 4.69) is 5.32 Å². The van der Waals surface area contributed by atoms with Crippen molar-refractivity contribution in [3.63, 3.8) is 0 Å². The van der Waals surface area contributed by atoms with Gasteiger partial charge in [-0.1, -0.05) is 0 Å². The number of piperidine rings is 1. The zero-order chi connectivity index (χ0) is 12.3. The van der Waals surface area contributed by atoms with Gasteiger partial charge in [-0.05, 0) is 19.3 Å². The first-order valence-electron chi connectivity index (χ1n) is 6.29. The fourth-order valence-electron chi connectivity index (χ4n) is 2.69. The van der Waals surface area contributed by atoms with Crippen molar-refractivity contribution in [2.45, 2.75) is 19.3 Å². The number of carbonyl (C=O) groups is 2. The lowest BCUT2D eigenvalue weighted by Gasteiger charge is -2.29. The Morgan fingerprint density at radius 1 is 1.24 bits per heavy atom. The molecule has 0 spiro atoms. The number of likely N-dealkylation sites (tertiary alicyclic amines) is 1. The van der Waals surface area contributed by atoms with E-state index in [-0.39, 0.29) is 23.7 Å². The number of rotatable bonds is 6. The summed E-state index contributed by atoms with van der Waals surface area (Å²) in [7, 11) is 1.65. The van der Waals surface area contributed by atoms with Crippen molar-refractivity contribution in [2.75, 3.05) is 33.4 Å². The highest BCUT2D eigenvalue weighted by molar-refractivity contribution is 6.00. The summed E-state index contributed by atoms with van der Waals surface area (Å²) in [4.78, 5) is 25.4. The molecule has 2 unspecified atom stereocenters. The van der Waals surface area contributed by atoms with Crippen LogP contribution >= 0.6 is 0 Å². The van der Waals surface area contributed by atoms with Crippen LogP contribution in [0, 0.1) is 11.8 Å². The van der Waals surface area contributed by atoms with E-state index >= 15 is 0 Å². The van der Waals surface area contributed by atoms with Crippen molar-refractivity contribution >= 4 is 11.8 Å². The lowest BCUT2D eigenvalue weighted by molar-refractivity contribution is -0.152. The molecule has 2 atom stereocenters. The second-order valence-corrected chi connectivity index (χ2v) is 4.78. The van der Waals surface area contributed by atoms with Gasteiger partial charge in [0.15, 0.2) is 0 Å². The summed E-state index contributed by atoms with van der Waals surface area (Å²) in [5.74, 6) is 0.294. The molecule has 2 rings (SSSR count). The van der Waals surface area contributed by atoms with Crippen molar-refractivity contribution in [1.29, 1.82) is 0 Å². The molecule has 1 saturated carbocycles. The van der Waals surface area contributed by atoms with Gasteiger partial charge in [-0.25, -0.2) is 0 Å². The number of nitrogens with one attached hydrogen (secondary N) is 1. The van der Waals surface area contributed by atoms with Crippen LogP contribution in [0.15, 0.2) is 0 Å². The molecule has 1 aliphatic carbocycles. The third kappa shape index (κ3) is 2.66. The Hall–Kier alpha value is -0.940. The number of hydrogen-bond acceptors (Lipinski definition) is 4. The Morgan fingerprint density at radius 3 is 2.47 bits per heavy atom. The molecular weight excluding hydrogens is 220 g/mol. The summed E-state index contributed by atoms with van der Waals surface area (Å²) >= 11 is 0. The Balaban J connectivity index is 1.79. The quantitative estimate of drug-likeness (QED) is 0.525. The zero-order valence-corrected chi connectivity index (χ0v) is 10.3. The number of fused-ring (bicyclic) bond motifs is 2. The van der Waals surface area contributed by atoms with Gasteiger partial charge in [0.05, 0.1) is 6.61 Å². The highest BCUT2D eigenvalue weighted by Crippen LogP contribution is 2.37. The molecule has 0 aromatic carbocycles. The van der Waals surface area contributed by atoms with Crippen LogP contribution in [0.2, 0.25) is 0 Å². The van der Waals surface area contributed by atoms with Crippen molar-refractivity contribution in [2.24, 2.45) is 11.8 Å². The minimum atomic E-state index is 0.0392. The number of methoxy groups -OCH3 is 1. The van der Waals surface area contributed by atoms with Crippen LogP contribution in [0.25, 0.3) is 0 Å². The molecular formula is C12H20N2O3. The van der Waals surface area contributed by atoms with E-state index in [1.54, 1.807) is 7.11 Å². The number of imide groups is 1. The fourth-order valence-corrected chi connectivity index (χ4v) is 2.69. The lowest BCUT2D eigenvalue weighted by atomic mass is 9.97. The SMILES string of the molecule is COCCNCCN1C(=O)C2CCC(C2)C1=O. The number of ether oxygens (including phenoxy) is 1. The van der Waals surface area contributed by atoms with Gasteiger partial charge < -0.3 is 10.1 Å². The third-order valence-corrected chi connectivity index (χ3v) is 3.66. The van der Waals surface area contributed by atoms with Crippen LogP contribution in [-0.2, 0) is 14.3 Å². The number of hydrogen-bond donors (Lipinski definition) is 1. The summed E-state index contributed by atoms with van der Waals surface area (Å²) in [6.07, 6.45) is 2.57. The molecule has 0 aromatic rings. The number of nitrogens with zero attached hydrogens (tertiary/aromatic N) is 1. The average molecular weight is 240 g/mol. The zero-order valence-electron chi connectivity index (χ0n) is 10.3. The summed E-state index contributed by atoms with van der Waals surface area (Å²) in [6, 6.07) is 0. The van der Waals surface area contributed by atoms with Gasteiger partial charge in [0, 0.05) is 38.6 Å². The topological polar surface area (TPSA) is 58.6 Å². The van der Waals surface area contributed by atoms with E-state index in [9.17, 15) is 9.59 Å². The largest absolute Gasteiger partial charge is 0.383 e. The number of carbonyl (C=O) groups excluding carboxylic acids is 2. The van der Waals surface area contributed by atoms with Gasteiger partial charge in [-0.2, -0.15) is 0 Å². The highest BCUT2D eigenvalue weighted by atomic mass is 16.5. The first kappa shape index (κ1) is 12.5. The second-order valence-electron chi connectivity index (χ2n) is 4.78. The standard InChI is InChI=1S/C12H20N2O3/c1-17-7-5-13-4-6-14-11(15)9-2-3-10(8-9)12(14)16/h9-10,13H,2-8H2,1H3.